The van der Waals surface area contributed by atoms with E-state index in [0.717, 1.165) is 12.3 Å². The molecule has 0 fully saturated rings. The second kappa shape index (κ2) is 7.40. The van der Waals surface area contributed by atoms with Crippen LogP contribution in [0, 0.1) is 11.3 Å². The molecule has 0 aromatic heterocycles. The molecule has 1 aliphatic rings. The first-order chi connectivity index (χ1) is 11.3. The number of benzene rings is 2. The molecule has 0 spiro atoms. The highest BCUT2D eigenvalue weighted by atomic mass is 32.2. The minimum absolute atomic E-state index is 0.234. The van der Waals surface area contributed by atoms with Gasteiger partial charge < -0.3 is 14.7 Å². The van der Waals surface area contributed by atoms with Gasteiger partial charge in [-0.05, 0) is 36.4 Å². The van der Waals surface area contributed by atoms with Crippen molar-refractivity contribution < 1.29 is 9.84 Å². The van der Waals surface area contributed by atoms with Crippen LogP contribution in [-0.2, 0) is 0 Å². The summed E-state index contributed by atoms with van der Waals surface area (Å²) in [6.45, 7) is 1.71. The Hall–Kier alpha value is -2.16. The van der Waals surface area contributed by atoms with Crippen molar-refractivity contribution >= 4 is 17.4 Å². The molecule has 0 unspecified atom stereocenters. The lowest BCUT2D eigenvalue weighted by Gasteiger charge is -2.32. The third kappa shape index (κ3) is 3.98. The lowest BCUT2D eigenvalue weighted by Crippen LogP contribution is -2.38. The summed E-state index contributed by atoms with van der Waals surface area (Å²) < 4.78 is 5.61. The summed E-state index contributed by atoms with van der Waals surface area (Å²) in [4.78, 5) is 3.47. The Balaban J connectivity index is 1.55. The Kier molecular flexibility index (Phi) is 5.06. The number of aliphatic hydroxyl groups is 1. The molecule has 0 amide bonds. The SMILES string of the molecule is N#Cc1ccc(OC[C@H](O)CN2CCSc3ccccc32)cc1. The van der Waals surface area contributed by atoms with E-state index in [0.29, 0.717) is 17.9 Å². The van der Waals surface area contributed by atoms with Crippen LogP contribution in [0.15, 0.2) is 53.4 Å². The first-order valence-electron chi connectivity index (χ1n) is 7.54. The lowest BCUT2D eigenvalue weighted by molar-refractivity contribution is 0.112. The van der Waals surface area contributed by atoms with Crippen LogP contribution in [0.3, 0.4) is 0 Å². The van der Waals surface area contributed by atoms with Crippen molar-refractivity contribution in [3.05, 3.63) is 54.1 Å². The fourth-order valence-electron chi connectivity index (χ4n) is 2.54. The van der Waals surface area contributed by atoms with Gasteiger partial charge in [-0.25, -0.2) is 0 Å². The van der Waals surface area contributed by atoms with Crippen LogP contribution in [0.5, 0.6) is 5.75 Å². The van der Waals surface area contributed by atoms with Gasteiger partial charge in [-0.15, -0.1) is 11.8 Å². The summed E-state index contributed by atoms with van der Waals surface area (Å²) in [5.74, 6) is 1.69. The molecule has 1 atom stereocenters. The lowest BCUT2D eigenvalue weighted by atomic mass is 10.2. The summed E-state index contributed by atoms with van der Waals surface area (Å²) in [7, 11) is 0. The van der Waals surface area contributed by atoms with Gasteiger partial charge in [0.25, 0.3) is 0 Å². The number of β-amino-alcohol motifs (C(OH)–C–C–N with tert-alkyl or cyclic N) is 1. The van der Waals surface area contributed by atoms with E-state index in [9.17, 15) is 5.11 Å². The van der Waals surface area contributed by atoms with Gasteiger partial charge in [-0.3, -0.25) is 0 Å². The van der Waals surface area contributed by atoms with E-state index >= 15 is 0 Å². The van der Waals surface area contributed by atoms with Gasteiger partial charge in [0.15, 0.2) is 0 Å². The molecule has 0 radical (unpaired) electrons. The van der Waals surface area contributed by atoms with E-state index in [1.165, 1.54) is 10.6 Å². The minimum Gasteiger partial charge on any atom is -0.491 e. The van der Waals surface area contributed by atoms with E-state index in [-0.39, 0.29) is 6.61 Å². The zero-order valence-corrected chi connectivity index (χ0v) is 13.5. The number of hydrogen-bond acceptors (Lipinski definition) is 5. The van der Waals surface area contributed by atoms with Crippen molar-refractivity contribution in [1.82, 2.24) is 0 Å². The fourth-order valence-corrected chi connectivity index (χ4v) is 3.59. The molecule has 2 aromatic rings. The standard InChI is InChI=1S/C18H18N2O2S/c19-11-14-5-7-16(8-6-14)22-13-15(21)12-20-9-10-23-18-4-2-1-3-17(18)20/h1-8,15,21H,9-10,12-13H2/t15-/m1/s1. The monoisotopic (exact) mass is 326 g/mol. The predicted molar refractivity (Wildman–Crippen MR) is 92.0 cm³/mol. The fraction of sp³-hybridized carbons (Fsp3) is 0.278. The first-order valence-corrected chi connectivity index (χ1v) is 8.52. The Labute approximate surface area is 140 Å². The number of fused-ring (bicyclic) bond motifs is 1. The molecule has 1 aliphatic heterocycles. The summed E-state index contributed by atoms with van der Waals surface area (Å²) in [5, 5.41) is 19.0. The zero-order valence-electron chi connectivity index (χ0n) is 12.7. The highest BCUT2D eigenvalue weighted by molar-refractivity contribution is 7.99. The molecule has 1 N–H and O–H groups in total. The summed E-state index contributed by atoms with van der Waals surface area (Å²) in [6, 6.07) is 17.3. The van der Waals surface area contributed by atoms with Crippen molar-refractivity contribution in [3.8, 4) is 11.8 Å². The van der Waals surface area contributed by atoms with Gasteiger partial charge in [-0.1, -0.05) is 12.1 Å². The van der Waals surface area contributed by atoms with Gasteiger partial charge in [0.2, 0.25) is 0 Å². The smallest absolute Gasteiger partial charge is 0.119 e. The third-order valence-corrected chi connectivity index (χ3v) is 4.72. The molecule has 1 heterocycles. The second-order valence-corrected chi connectivity index (χ2v) is 6.50. The average molecular weight is 326 g/mol. The quantitative estimate of drug-likeness (QED) is 0.915. The van der Waals surface area contributed by atoms with Crippen molar-refractivity contribution in [2.24, 2.45) is 0 Å². The van der Waals surface area contributed by atoms with Crippen molar-refractivity contribution in [1.29, 1.82) is 5.26 Å². The number of thioether (sulfide) groups is 1. The summed E-state index contributed by atoms with van der Waals surface area (Å²) in [6.07, 6.45) is -0.568. The highest BCUT2D eigenvalue weighted by Gasteiger charge is 2.19. The number of nitrogens with zero attached hydrogens (tertiary/aromatic N) is 2. The third-order valence-electron chi connectivity index (χ3n) is 3.68. The van der Waals surface area contributed by atoms with Crippen LogP contribution in [0.25, 0.3) is 0 Å². The Morgan fingerprint density at radius 1 is 1.22 bits per heavy atom. The molecule has 0 saturated carbocycles. The number of ether oxygens (including phenoxy) is 1. The highest BCUT2D eigenvalue weighted by Crippen LogP contribution is 2.34. The molecule has 5 heteroatoms. The van der Waals surface area contributed by atoms with Crippen LogP contribution in [-0.4, -0.2) is 36.7 Å². The zero-order chi connectivity index (χ0) is 16.1. The average Bonchev–Trinajstić information content (AvgIpc) is 2.61. The number of rotatable bonds is 5. The Morgan fingerprint density at radius 3 is 2.78 bits per heavy atom. The van der Waals surface area contributed by atoms with Crippen molar-refractivity contribution in [2.45, 2.75) is 11.0 Å². The maximum absolute atomic E-state index is 10.3. The van der Waals surface area contributed by atoms with Crippen LogP contribution >= 0.6 is 11.8 Å². The number of para-hydroxylation sites is 1. The van der Waals surface area contributed by atoms with Crippen LogP contribution in [0.4, 0.5) is 5.69 Å². The van der Waals surface area contributed by atoms with Crippen molar-refractivity contribution in [3.63, 3.8) is 0 Å². The van der Waals surface area contributed by atoms with E-state index < -0.39 is 6.10 Å². The minimum atomic E-state index is -0.568. The molecule has 0 saturated heterocycles. The van der Waals surface area contributed by atoms with Crippen LogP contribution in [0.2, 0.25) is 0 Å². The maximum atomic E-state index is 10.3. The molecule has 2 aromatic carbocycles. The number of hydrogen-bond donors (Lipinski definition) is 1. The van der Waals surface area contributed by atoms with Gasteiger partial charge in [-0.2, -0.15) is 5.26 Å². The van der Waals surface area contributed by atoms with Gasteiger partial charge in [0, 0.05) is 23.7 Å². The molecular formula is C18H18N2O2S. The maximum Gasteiger partial charge on any atom is 0.119 e. The molecule has 118 valence electrons. The topological polar surface area (TPSA) is 56.5 Å². The molecular weight excluding hydrogens is 308 g/mol. The van der Waals surface area contributed by atoms with E-state index in [1.807, 2.05) is 23.9 Å². The normalized spacial score (nSPS) is 14.7. The molecule has 3 rings (SSSR count). The van der Waals surface area contributed by atoms with Gasteiger partial charge >= 0.3 is 0 Å². The second-order valence-electron chi connectivity index (χ2n) is 5.36. The summed E-state index contributed by atoms with van der Waals surface area (Å²) >= 11 is 1.85. The molecule has 4 nitrogen and oxygen atoms in total. The molecule has 0 aliphatic carbocycles. The predicted octanol–water partition coefficient (Wildman–Crippen LogP) is 2.91. The summed E-state index contributed by atoms with van der Waals surface area (Å²) in [5.41, 5.74) is 1.78. The first kappa shape index (κ1) is 15.7. The van der Waals surface area contributed by atoms with Gasteiger partial charge in [0.1, 0.15) is 18.5 Å². The van der Waals surface area contributed by atoms with Gasteiger partial charge in [0.05, 0.1) is 17.3 Å². The number of anilines is 1. The van der Waals surface area contributed by atoms with E-state index in [2.05, 4.69) is 23.1 Å². The van der Waals surface area contributed by atoms with E-state index in [4.69, 9.17) is 10.00 Å². The Bertz CT molecular complexity index is 697. The van der Waals surface area contributed by atoms with Crippen molar-refractivity contribution in [2.75, 3.05) is 30.3 Å². The molecule has 23 heavy (non-hydrogen) atoms. The van der Waals surface area contributed by atoms with Crippen LogP contribution < -0.4 is 9.64 Å². The number of nitriles is 1. The Morgan fingerprint density at radius 2 is 2.00 bits per heavy atom. The van der Waals surface area contributed by atoms with Crippen LogP contribution in [0.1, 0.15) is 5.56 Å². The van der Waals surface area contributed by atoms with E-state index in [1.54, 1.807) is 24.3 Å². The number of aliphatic hydroxyl groups excluding tert-OH is 1. The molecule has 0 bridgehead atoms. The largest absolute Gasteiger partial charge is 0.491 e.